The molecule has 0 saturated carbocycles. The molecule has 0 fully saturated rings. The lowest BCUT2D eigenvalue weighted by Crippen LogP contribution is -2.42. The Labute approximate surface area is 182 Å². The number of nitrogens with two attached hydrogens (primary N) is 1. The van der Waals surface area contributed by atoms with Crippen molar-refractivity contribution in [3.63, 3.8) is 0 Å². The molecule has 0 bridgehead atoms. The van der Waals surface area contributed by atoms with Crippen molar-refractivity contribution in [3.8, 4) is 6.07 Å². The number of hydrogen-bond acceptors (Lipinski definition) is 5. The number of rotatable bonds is 3. The van der Waals surface area contributed by atoms with E-state index in [9.17, 15) is 10.1 Å². The number of anilines is 1. The van der Waals surface area contributed by atoms with Gasteiger partial charge in [-0.05, 0) is 55.0 Å². The monoisotopic (exact) mass is 417 g/mol. The zero-order chi connectivity index (χ0) is 21.6. The standard InChI is InChI=1S/C25H27N3OS/c1-5-17-9-10-21(30-17)22-18(14-26)24(27)28(16-8-6-7-15(2)11-16)19-12-25(3,4)13-20(29)23(19)22/h6-11,22H,5,12-13,27H2,1-4H3/t22-/m0/s1. The number of carbonyl (C=O) groups is 1. The first kappa shape index (κ1) is 20.4. The molecule has 5 heteroatoms. The maximum absolute atomic E-state index is 13.5. The van der Waals surface area contributed by atoms with Crippen LogP contribution in [-0.4, -0.2) is 5.78 Å². The van der Waals surface area contributed by atoms with Crippen molar-refractivity contribution in [2.45, 2.75) is 52.9 Å². The van der Waals surface area contributed by atoms with Gasteiger partial charge in [-0.15, -0.1) is 11.3 Å². The van der Waals surface area contributed by atoms with Crippen molar-refractivity contribution in [1.82, 2.24) is 0 Å². The van der Waals surface area contributed by atoms with Gasteiger partial charge in [-0.3, -0.25) is 9.69 Å². The lowest BCUT2D eigenvalue weighted by Gasteiger charge is -2.43. The summed E-state index contributed by atoms with van der Waals surface area (Å²) in [5.41, 5.74) is 10.7. The zero-order valence-electron chi connectivity index (χ0n) is 18.0. The van der Waals surface area contributed by atoms with Crippen molar-refractivity contribution < 1.29 is 4.79 Å². The van der Waals surface area contributed by atoms with Gasteiger partial charge in [0.05, 0.1) is 17.6 Å². The third kappa shape index (κ3) is 3.36. The van der Waals surface area contributed by atoms with Crippen LogP contribution >= 0.6 is 11.3 Å². The van der Waals surface area contributed by atoms with Gasteiger partial charge in [-0.2, -0.15) is 5.26 Å². The van der Waals surface area contributed by atoms with Gasteiger partial charge in [0.25, 0.3) is 0 Å². The Balaban J connectivity index is 1.99. The molecule has 1 aliphatic heterocycles. The minimum Gasteiger partial charge on any atom is -0.384 e. The summed E-state index contributed by atoms with van der Waals surface area (Å²) in [5, 5.41) is 10.1. The minimum absolute atomic E-state index is 0.121. The Hall–Kier alpha value is -2.84. The van der Waals surface area contributed by atoms with E-state index >= 15 is 0 Å². The number of thiophene rings is 1. The number of Topliss-reactive ketones (excluding diaryl/α,β-unsaturated/α-hetero) is 1. The van der Waals surface area contributed by atoms with Gasteiger partial charge < -0.3 is 5.73 Å². The van der Waals surface area contributed by atoms with Gasteiger partial charge in [0.1, 0.15) is 5.82 Å². The Morgan fingerprint density at radius 3 is 2.67 bits per heavy atom. The summed E-state index contributed by atoms with van der Waals surface area (Å²) in [7, 11) is 0. The van der Waals surface area contributed by atoms with Crippen LogP contribution in [0, 0.1) is 23.7 Å². The van der Waals surface area contributed by atoms with Gasteiger partial charge in [-0.25, -0.2) is 0 Å². The molecule has 0 unspecified atom stereocenters. The van der Waals surface area contributed by atoms with Crippen LogP contribution in [0.25, 0.3) is 0 Å². The predicted octanol–water partition coefficient (Wildman–Crippen LogP) is 5.56. The quantitative estimate of drug-likeness (QED) is 0.710. The highest BCUT2D eigenvalue weighted by Gasteiger charge is 2.45. The van der Waals surface area contributed by atoms with E-state index in [1.807, 2.05) is 30.0 Å². The molecule has 2 aromatic rings. The van der Waals surface area contributed by atoms with Gasteiger partial charge >= 0.3 is 0 Å². The second-order valence-corrected chi connectivity index (χ2v) is 10.2. The van der Waals surface area contributed by atoms with E-state index in [4.69, 9.17) is 5.73 Å². The molecule has 2 heterocycles. The number of hydrogen-bond donors (Lipinski definition) is 1. The predicted molar refractivity (Wildman–Crippen MR) is 122 cm³/mol. The fourth-order valence-electron chi connectivity index (χ4n) is 4.59. The number of carbonyl (C=O) groups excluding carboxylic acids is 1. The van der Waals surface area contributed by atoms with Gasteiger partial charge in [0.2, 0.25) is 0 Å². The highest BCUT2D eigenvalue weighted by molar-refractivity contribution is 7.12. The van der Waals surface area contributed by atoms with Crippen molar-refractivity contribution in [2.75, 3.05) is 4.90 Å². The summed E-state index contributed by atoms with van der Waals surface area (Å²) in [6.45, 7) is 8.39. The number of nitrogens with zero attached hydrogens (tertiary/aromatic N) is 2. The van der Waals surface area contributed by atoms with E-state index < -0.39 is 0 Å². The topological polar surface area (TPSA) is 70.1 Å². The third-order valence-electron chi connectivity index (χ3n) is 5.96. The third-order valence-corrected chi connectivity index (χ3v) is 7.25. The smallest absolute Gasteiger partial charge is 0.162 e. The number of allylic oxidation sites excluding steroid dienone is 3. The van der Waals surface area contributed by atoms with Crippen molar-refractivity contribution in [2.24, 2.45) is 11.1 Å². The van der Waals surface area contributed by atoms with E-state index in [-0.39, 0.29) is 17.1 Å². The highest BCUT2D eigenvalue weighted by atomic mass is 32.1. The molecule has 4 rings (SSSR count). The Morgan fingerprint density at radius 1 is 1.27 bits per heavy atom. The Bertz CT molecular complexity index is 1130. The first-order valence-corrected chi connectivity index (χ1v) is 11.2. The molecule has 2 aliphatic rings. The Kier molecular flexibility index (Phi) is 5.07. The van der Waals surface area contributed by atoms with E-state index in [0.717, 1.165) is 40.2 Å². The van der Waals surface area contributed by atoms with E-state index in [1.165, 1.54) is 4.88 Å². The molecule has 1 aromatic carbocycles. The molecule has 0 saturated heterocycles. The molecule has 154 valence electrons. The van der Waals surface area contributed by atoms with E-state index in [1.54, 1.807) is 11.3 Å². The van der Waals surface area contributed by atoms with Crippen LogP contribution in [0.4, 0.5) is 5.69 Å². The maximum Gasteiger partial charge on any atom is 0.162 e. The first-order valence-electron chi connectivity index (χ1n) is 10.4. The zero-order valence-corrected chi connectivity index (χ0v) is 18.8. The summed E-state index contributed by atoms with van der Waals surface area (Å²) in [5.74, 6) is 0.180. The van der Waals surface area contributed by atoms with E-state index in [0.29, 0.717) is 17.8 Å². The van der Waals surface area contributed by atoms with Crippen molar-refractivity contribution in [3.05, 3.63) is 74.4 Å². The van der Waals surface area contributed by atoms with Gasteiger partial charge in [0.15, 0.2) is 5.78 Å². The second-order valence-electron chi connectivity index (χ2n) is 8.98. The molecule has 0 radical (unpaired) electrons. The molecule has 0 amide bonds. The summed E-state index contributed by atoms with van der Waals surface area (Å²) >= 11 is 1.67. The molecule has 0 spiro atoms. The largest absolute Gasteiger partial charge is 0.384 e. The fraction of sp³-hybridized carbons (Fsp3) is 0.360. The van der Waals surface area contributed by atoms with Gasteiger partial charge in [0, 0.05) is 33.1 Å². The molecule has 1 atom stereocenters. The second kappa shape index (κ2) is 7.45. The van der Waals surface area contributed by atoms with Crippen LogP contribution < -0.4 is 10.6 Å². The summed E-state index contributed by atoms with van der Waals surface area (Å²) in [4.78, 5) is 17.7. The minimum atomic E-state index is -0.375. The average molecular weight is 418 g/mol. The normalized spacial score (nSPS) is 21.0. The molecular formula is C25H27N3OS. The van der Waals surface area contributed by atoms with Crippen LogP contribution in [0.15, 0.2) is 59.1 Å². The molecule has 4 nitrogen and oxygen atoms in total. The van der Waals surface area contributed by atoms with Crippen molar-refractivity contribution >= 4 is 22.8 Å². The lowest BCUT2D eigenvalue weighted by atomic mass is 9.69. The van der Waals surface area contributed by atoms with Crippen molar-refractivity contribution in [1.29, 1.82) is 5.26 Å². The summed E-state index contributed by atoms with van der Waals surface area (Å²) in [6, 6.07) is 14.6. The summed E-state index contributed by atoms with van der Waals surface area (Å²) in [6.07, 6.45) is 2.15. The first-order chi connectivity index (χ1) is 14.3. The number of aryl methyl sites for hydroxylation is 2. The Morgan fingerprint density at radius 2 is 2.03 bits per heavy atom. The molecular weight excluding hydrogens is 390 g/mol. The van der Waals surface area contributed by atoms with Crippen LogP contribution in [0.5, 0.6) is 0 Å². The lowest BCUT2D eigenvalue weighted by molar-refractivity contribution is -0.118. The summed E-state index contributed by atoms with van der Waals surface area (Å²) < 4.78 is 0. The number of benzene rings is 1. The van der Waals surface area contributed by atoms with Gasteiger partial charge in [-0.1, -0.05) is 32.9 Å². The van der Waals surface area contributed by atoms with Crippen LogP contribution in [0.3, 0.4) is 0 Å². The molecule has 30 heavy (non-hydrogen) atoms. The molecule has 1 aliphatic carbocycles. The average Bonchev–Trinajstić information content (AvgIpc) is 3.15. The van der Waals surface area contributed by atoms with Crippen LogP contribution in [0.2, 0.25) is 0 Å². The number of ketones is 1. The molecule has 1 aromatic heterocycles. The molecule has 2 N–H and O–H groups in total. The fourth-order valence-corrected chi connectivity index (χ4v) is 5.67. The van der Waals surface area contributed by atoms with E-state index in [2.05, 4.69) is 45.0 Å². The van der Waals surface area contributed by atoms with Crippen LogP contribution in [-0.2, 0) is 11.2 Å². The number of nitriles is 1. The highest BCUT2D eigenvalue weighted by Crippen LogP contribution is 2.51. The SMILES string of the molecule is CCc1ccc([C@@H]2C(C#N)=C(N)N(c3cccc(C)c3)C3=C2C(=O)CC(C)(C)C3)s1. The van der Waals surface area contributed by atoms with Crippen LogP contribution in [0.1, 0.15) is 54.8 Å². The maximum atomic E-state index is 13.5.